The molecule has 0 saturated heterocycles. The molecular formula is C21H21ClFN3. The lowest BCUT2D eigenvalue weighted by atomic mass is 10.1. The number of aromatic nitrogens is 1. The van der Waals surface area contributed by atoms with Gasteiger partial charge in [0.1, 0.15) is 11.6 Å². The number of hydrogen-bond donors (Lipinski definition) is 2. The maximum atomic E-state index is 14.0. The molecular weight excluding hydrogens is 349 g/mol. The molecule has 3 nitrogen and oxygen atoms in total. The molecule has 0 bridgehead atoms. The van der Waals surface area contributed by atoms with Crippen molar-refractivity contribution in [3.63, 3.8) is 0 Å². The van der Waals surface area contributed by atoms with Crippen LogP contribution in [-0.2, 0) is 19.4 Å². The molecule has 0 fully saturated rings. The van der Waals surface area contributed by atoms with Crippen LogP contribution in [0.2, 0.25) is 5.02 Å². The van der Waals surface area contributed by atoms with E-state index < -0.39 is 0 Å². The monoisotopic (exact) mass is 369 g/mol. The zero-order valence-electron chi connectivity index (χ0n) is 14.6. The summed E-state index contributed by atoms with van der Waals surface area (Å²) in [4.78, 5) is 4.33. The molecule has 3 rings (SSSR count). The van der Waals surface area contributed by atoms with Gasteiger partial charge in [-0.2, -0.15) is 0 Å². The molecule has 1 aromatic heterocycles. The number of nitrogen functional groups attached to an aromatic ring is 1. The van der Waals surface area contributed by atoms with E-state index in [0.29, 0.717) is 30.2 Å². The van der Waals surface area contributed by atoms with Crippen molar-refractivity contribution in [2.75, 3.05) is 11.1 Å². The third-order valence-corrected chi connectivity index (χ3v) is 4.29. The van der Waals surface area contributed by atoms with Gasteiger partial charge in [-0.05, 0) is 78.9 Å². The molecule has 0 unspecified atom stereocenters. The van der Waals surface area contributed by atoms with E-state index in [9.17, 15) is 4.39 Å². The Morgan fingerprint density at radius 1 is 1.04 bits per heavy atom. The first-order valence-electron chi connectivity index (χ1n) is 8.49. The minimum atomic E-state index is -0.257. The maximum Gasteiger partial charge on any atom is 0.125 e. The summed E-state index contributed by atoms with van der Waals surface area (Å²) in [6, 6.07) is 16.5. The van der Waals surface area contributed by atoms with Crippen molar-refractivity contribution in [3.05, 3.63) is 87.8 Å². The van der Waals surface area contributed by atoms with Gasteiger partial charge in [-0.15, -0.1) is 0 Å². The molecule has 0 aliphatic heterocycles. The summed E-state index contributed by atoms with van der Waals surface area (Å²) < 4.78 is 14.0. The largest absolute Gasteiger partial charge is 0.384 e. The topological polar surface area (TPSA) is 50.9 Å². The zero-order valence-corrected chi connectivity index (χ0v) is 15.4. The molecule has 3 N–H and O–H groups in total. The van der Waals surface area contributed by atoms with Gasteiger partial charge < -0.3 is 11.1 Å². The Bertz CT molecular complexity index is 891. The number of aryl methyl sites for hydroxylation is 3. The second-order valence-corrected chi connectivity index (χ2v) is 6.83. The third kappa shape index (κ3) is 5.20. The van der Waals surface area contributed by atoms with Gasteiger partial charge in [0.15, 0.2) is 0 Å². The molecule has 0 radical (unpaired) electrons. The van der Waals surface area contributed by atoms with Crippen molar-refractivity contribution < 1.29 is 4.39 Å². The highest BCUT2D eigenvalue weighted by molar-refractivity contribution is 6.30. The molecule has 0 spiro atoms. The number of pyridine rings is 1. The van der Waals surface area contributed by atoms with Gasteiger partial charge in [0.25, 0.3) is 0 Å². The lowest BCUT2D eigenvalue weighted by Crippen LogP contribution is -2.02. The first kappa shape index (κ1) is 18.2. The van der Waals surface area contributed by atoms with Crippen LogP contribution in [0.5, 0.6) is 0 Å². The van der Waals surface area contributed by atoms with E-state index in [1.807, 2.05) is 49.4 Å². The summed E-state index contributed by atoms with van der Waals surface area (Å²) in [6.07, 6.45) is 1.41. The zero-order chi connectivity index (χ0) is 18.5. The molecule has 0 aliphatic rings. The number of benzene rings is 2. The van der Waals surface area contributed by atoms with Gasteiger partial charge in [-0.3, -0.25) is 0 Å². The van der Waals surface area contributed by atoms with E-state index in [1.165, 1.54) is 6.07 Å². The van der Waals surface area contributed by atoms with Crippen LogP contribution in [0, 0.1) is 12.7 Å². The maximum absolute atomic E-state index is 14.0. The second-order valence-electron chi connectivity index (χ2n) is 6.39. The summed E-state index contributed by atoms with van der Waals surface area (Å²) in [5.41, 5.74) is 10.5. The Morgan fingerprint density at radius 2 is 1.88 bits per heavy atom. The number of hydrogen-bond acceptors (Lipinski definition) is 3. The fraction of sp³-hybridized carbons (Fsp3) is 0.190. The van der Waals surface area contributed by atoms with Crippen molar-refractivity contribution >= 4 is 23.1 Å². The van der Waals surface area contributed by atoms with Crippen LogP contribution < -0.4 is 11.1 Å². The molecule has 0 saturated carbocycles. The van der Waals surface area contributed by atoms with Crippen molar-refractivity contribution in [2.24, 2.45) is 0 Å². The van der Waals surface area contributed by atoms with Crippen LogP contribution in [0.1, 0.15) is 22.4 Å². The molecule has 5 heteroatoms. The Hall–Kier alpha value is -2.59. The summed E-state index contributed by atoms with van der Waals surface area (Å²) in [5, 5.41) is 3.94. The van der Waals surface area contributed by atoms with E-state index >= 15 is 0 Å². The number of anilines is 2. The van der Waals surface area contributed by atoms with Gasteiger partial charge in [-0.1, -0.05) is 23.7 Å². The van der Waals surface area contributed by atoms with Crippen LogP contribution in [-0.4, -0.2) is 4.98 Å². The molecule has 1 heterocycles. The van der Waals surface area contributed by atoms with Gasteiger partial charge >= 0.3 is 0 Å². The van der Waals surface area contributed by atoms with E-state index in [4.69, 9.17) is 17.3 Å². The fourth-order valence-electron chi connectivity index (χ4n) is 2.92. The minimum Gasteiger partial charge on any atom is -0.384 e. The highest BCUT2D eigenvalue weighted by Gasteiger charge is 2.04. The number of rotatable bonds is 6. The van der Waals surface area contributed by atoms with Crippen molar-refractivity contribution in [3.8, 4) is 0 Å². The average molecular weight is 370 g/mol. The summed E-state index contributed by atoms with van der Waals surface area (Å²) in [5.74, 6) is 0.260. The summed E-state index contributed by atoms with van der Waals surface area (Å²) in [6.45, 7) is 2.57. The normalized spacial score (nSPS) is 10.7. The van der Waals surface area contributed by atoms with Crippen LogP contribution in [0.4, 0.5) is 15.9 Å². The third-order valence-electron chi connectivity index (χ3n) is 4.06. The predicted molar refractivity (Wildman–Crippen MR) is 106 cm³/mol. The van der Waals surface area contributed by atoms with Crippen molar-refractivity contribution in [1.82, 2.24) is 4.98 Å². The SMILES string of the molecule is Cc1cc(N)nc(CCc2cc(F)cc(NCc3cccc(Cl)c3)c2)c1. The van der Waals surface area contributed by atoms with Crippen LogP contribution in [0.15, 0.2) is 54.6 Å². The standard InChI is InChI=1S/C21H21ClFN3/c1-14-7-19(26-21(24)8-14)6-5-15-10-18(23)12-20(11-15)25-13-16-3-2-4-17(22)9-16/h2-4,7-12,25H,5-6,13H2,1H3,(H2,24,26). The van der Waals surface area contributed by atoms with Crippen LogP contribution in [0.25, 0.3) is 0 Å². The van der Waals surface area contributed by atoms with Crippen molar-refractivity contribution in [1.29, 1.82) is 0 Å². The lowest BCUT2D eigenvalue weighted by Gasteiger charge is -2.10. The van der Waals surface area contributed by atoms with Gasteiger partial charge in [0.05, 0.1) is 0 Å². The molecule has 2 aromatic carbocycles. The highest BCUT2D eigenvalue weighted by Crippen LogP contribution is 2.18. The molecule has 0 aliphatic carbocycles. The van der Waals surface area contributed by atoms with E-state index in [-0.39, 0.29) is 5.82 Å². The van der Waals surface area contributed by atoms with E-state index in [0.717, 1.165) is 28.1 Å². The Kier molecular flexibility index (Phi) is 5.74. The Balaban J connectivity index is 1.67. The lowest BCUT2D eigenvalue weighted by molar-refractivity contribution is 0.625. The molecule has 0 atom stereocenters. The summed E-state index contributed by atoms with van der Waals surface area (Å²) in [7, 11) is 0. The minimum absolute atomic E-state index is 0.257. The van der Waals surface area contributed by atoms with Gasteiger partial charge in [0.2, 0.25) is 0 Å². The Labute approximate surface area is 158 Å². The number of nitrogens with zero attached hydrogens (tertiary/aromatic N) is 1. The van der Waals surface area contributed by atoms with Crippen LogP contribution in [0.3, 0.4) is 0 Å². The molecule has 3 aromatic rings. The number of nitrogens with one attached hydrogen (secondary N) is 1. The number of halogens is 2. The van der Waals surface area contributed by atoms with Gasteiger partial charge in [-0.25, -0.2) is 9.37 Å². The highest BCUT2D eigenvalue weighted by atomic mass is 35.5. The molecule has 26 heavy (non-hydrogen) atoms. The second kappa shape index (κ2) is 8.19. The van der Waals surface area contributed by atoms with Crippen LogP contribution >= 0.6 is 11.6 Å². The number of nitrogens with two attached hydrogens (primary N) is 1. The van der Waals surface area contributed by atoms with Crippen molar-refractivity contribution in [2.45, 2.75) is 26.3 Å². The summed E-state index contributed by atoms with van der Waals surface area (Å²) >= 11 is 6.00. The first-order chi connectivity index (χ1) is 12.5. The first-order valence-corrected chi connectivity index (χ1v) is 8.86. The molecule has 0 amide bonds. The quantitative estimate of drug-likeness (QED) is 0.630. The fourth-order valence-corrected chi connectivity index (χ4v) is 3.13. The Morgan fingerprint density at radius 3 is 2.65 bits per heavy atom. The molecule has 134 valence electrons. The van der Waals surface area contributed by atoms with Gasteiger partial charge in [0, 0.05) is 22.9 Å². The van der Waals surface area contributed by atoms with E-state index in [1.54, 1.807) is 6.07 Å². The smallest absolute Gasteiger partial charge is 0.125 e. The predicted octanol–water partition coefficient (Wildman–Crippen LogP) is 5.16. The van der Waals surface area contributed by atoms with E-state index in [2.05, 4.69) is 10.3 Å². The average Bonchev–Trinajstić information content (AvgIpc) is 2.57.